The molecule has 4 nitrogen and oxygen atoms in total. The fourth-order valence-corrected chi connectivity index (χ4v) is 2.55. The van der Waals surface area contributed by atoms with Gasteiger partial charge in [0.2, 0.25) is 0 Å². The first-order chi connectivity index (χ1) is 11.6. The quantitative estimate of drug-likeness (QED) is 0.526. The minimum atomic E-state index is -0.332. The number of hydrogen-bond donors (Lipinski definition) is 0. The summed E-state index contributed by atoms with van der Waals surface area (Å²) in [5.41, 5.74) is 2.44. The Kier molecular flexibility index (Phi) is 4.53. The molecule has 6 heteroatoms. The second-order valence-corrected chi connectivity index (χ2v) is 5.48. The van der Waals surface area contributed by atoms with Crippen LogP contribution in [0.15, 0.2) is 54.9 Å². The standard InChI is InChI=1S/C18H13ClFN3O/c1-12-16(8-9-17(24)13-3-2-10-21-11-13)18(19)23(22-12)15-6-4-14(20)5-7-15/h2-11H,1H3. The third-order valence-corrected chi connectivity index (χ3v) is 3.83. The summed E-state index contributed by atoms with van der Waals surface area (Å²) in [5, 5.41) is 4.70. The molecular formula is C18H13ClFN3O. The normalized spacial score (nSPS) is 11.1. The summed E-state index contributed by atoms with van der Waals surface area (Å²) < 4.78 is 14.5. The maximum Gasteiger partial charge on any atom is 0.187 e. The van der Waals surface area contributed by atoms with E-state index in [2.05, 4.69) is 10.1 Å². The first-order valence-corrected chi connectivity index (χ1v) is 7.57. The van der Waals surface area contributed by atoms with Gasteiger partial charge in [-0.15, -0.1) is 0 Å². The fourth-order valence-electron chi connectivity index (χ4n) is 2.22. The highest BCUT2D eigenvalue weighted by Gasteiger charge is 2.13. The smallest absolute Gasteiger partial charge is 0.187 e. The van der Waals surface area contributed by atoms with Gasteiger partial charge < -0.3 is 0 Å². The SMILES string of the molecule is Cc1nn(-c2ccc(F)cc2)c(Cl)c1C=CC(=O)c1cccnc1. The van der Waals surface area contributed by atoms with E-state index in [1.54, 1.807) is 43.5 Å². The third kappa shape index (κ3) is 3.26. The number of rotatable bonds is 4. The van der Waals surface area contributed by atoms with Gasteiger partial charge in [-0.1, -0.05) is 11.6 Å². The molecule has 1 aromatic carbocycles. The maximum absolute atomic E-state index is 13.0. The summed E-state index contributed by atoms with van der Waals surface area (Å²) in [7, 11) is 0. The van der Waals surface area contributed by atoms with Gasteiger partial charge in [0.25, 0.3) is 0 Å². The van der Waals surface area contributed by atoms with E-state index in [4.69, 9.17) is 11.6 Å². The van der Waals surface area contributed by atoms with E-state index in [1.807, 2.05) is 0 Å². The topological polar surface area (TPSA) is 47.8 Å². The zero-order chi connectivity index (χ0) is 17.1. The molecule has 0 N–H and O–H groups in total. The van der Waals surface area contributed by atoms with Gasteiger partial charge in [0.05, 0.1) is 11.4 Å². The van der Waals surface area contributed by atoms with Crippen LogP contribution >= 0.6 is 11.6 Å². The van der Waals surface area contributed by atoms with Gasteiger partial charge in [-0.05, 0) is 55.5 Å². The van der Waals surface area contributed by atoms with E-state index in [0.717, 1.165) is 0 Å². The van der Waals surface area contributed by atoms with Crippen molar-refractivity contribution in [2.45, 2.75) is 6.92 Å². The number of pyridine rings is 1. The van der Waals surface area contributed by atoms with Crippen molar-refractivity contribution >= 4 is 23.5 Å². The van der Waals surface area contributed by atoms with Crippen molar-refractivity contribution < 1.29 is 9.18 Å². The Balaban J connectivity index is 1.91. The van der Waals surface area contributed by atoms with Gasteiger partial charge in [-0.2, -0.15) is 5.10 Å². The molecule has 0 aliphatic heterocycles. The van der Waals surface area contributed by atoms with Crippen molar-refractivity contribution in [2.75, 3.05) is 0 Å². The van der Waals surface area contributed by atoms with Crippen LogP contribution in [0.2, 0.25) is 5.15 Å². The van der Waals surface area contributed by atoms with Crippen molar-refractivity contribution in [3.05, 3.63) is 82.7 Å². The number of aromatic nitrogens is 3. The number of halogens is 2. The molecule has 0 saturated carbocycles. The lowest BCUT2D eigenvalue weighted by atomic mass is 10.1. The molecule has 0 fully saturated rings. The Bertz CT molecular complexity index is 902. The maximum atomic E-state index is 13.0. The molecule has 0 bridgehead atoms. The molecule has 0 unspecified atom stereocenters. The first kappa shape index (κ1) is 16.1. The van der Waals surface area contributed by atoms with Gasteiger partial charge in [0.1, 0.15) is 11.0 Å². The number of carbonyl (C=O) groups excluding carboxylic acids is 1. The predicted molar refractivity (Wildman–Crippen MR) is 90.9 cm³/mol. The highest BCUT2D eigenvalue weighted by atomic mass is 35.5. The Morgan fingerprint density at radius 1 is 1.25 bits per heavy atom. The van der Waals surface area contributed by atoms with Gasteiger partial charge in [0.15, 0.2) is 5.78 Å². The van der Waals surface area contributed by atoms with Gasteiger partial charge in [-0.3, -0.25) is 9.78 Å². The zero-order valence-electron chi connectivity index (χ0n) is 12.8. The average Bonchev–Trinajstić information content (AvgIpc) is 2.88. The first-order valence-electron chi connectivity index (χ1n) is 7.20. The lowest BCUT2D eigenvalue weighted by molar-refractivity contribution is 0.104. The summed E-state index contributed by atoms with van der Waals surface area (Å²) in [6, 6.07) is 9.24. The van der Waals surface area contributed by atoms with Gasteiger partial charge in [-0.25, -0.2) is 9.07 Å². The molecule has 0 radical (unpaired) electrons. The largest absolute Gasteiger partial charge is 0.289 e. The molecule has 2 heterocycles. The van der Waals surface area contributed by atoms with Crippen LogP contribution < -0.4 is 0 Å². The van der Waals surface area contributed by atoms with Crippen molar-refractivity contribution in [3.8, 4) is 5.69 Å². The summed E-state index contributed by atoms with van der Waals surface area (Å²) >= 11 is 6.37. The molecule has 3 rings (SSSR count). The molecule has 0 amide bonds. The Morgan fingerprint density at radius 3 is 2.67 bits per heavy atom. The van der Waals surface area contributed by atoms with E-state index in [0.29, 0.717) is 27.7 Å². The third-order valence-electron chi connectivity index (χ3n) is 3.47. The van der Waals surface area contributed by atoms with Crippen molar-refractivity contribution in [2.24, 2.45) is 0 Å². The molecule has 0 spiro atoms. The molecule has 120 valence electrons. The van der Waals surface area contributed by atoms with Crippen LogP contribution in [0.1, 0.15) is 21.6 Å². The molecule has 0 atom stereocenters. The van der Waals surface area contributed by atoms with Crippen molar-refractivity contribution in [1.29, 1.82) is 0 Å². The highest BCUT2D eigenvalue weighted by molar-refractivity contribution is 6.31. The van der Waals surface area contributed by atoms with E-state index >= 15 is 0 Å². The lowest BCUT2D eigenvalue weighted by Crippen LogP contribution is -1.96. The van der Waals surface area contributed by atoms with Gasteiger partial charge in [0, 0.05) is 23.5 Å². The lowest BCUT2D eigenvalue weighted by Gasteiger charge is -2.02. The number of ketones is 1. The molecule has 0 aliphatic carbocycles. The molecular weight excluding hydrogens is 329 g/mol. The number of aryl methyl sites for hydroxylation is 1. The number of benzene rings is 1. The number of allylic oxidation sites excluding steroid dienone is 1. The second-order valence-electron chi connectivity index (χ2n) is 5.12. The number of hydrogen-bond acceptors (Lipinski definition) is 3. The van der Waals surface area contributed by atoms with Crippen LogP contribution in [0, 0.1) is 12.7 Å². The Morgan fingerprint density at radius 2 is 2.00 bits per heavy atom. The second kappa shape index (κ2) is 6.76. The van der Waals surface area contributed by atoms with E-state index in [-0.39, 0.29) is 11.6 Å². The fraction of sp³-hybridized carbons (Fsp3) is 0.0556. The van der Waals surface area contributed by atoms with Crippen LogP contribution in [0.25, 0.3) is 11.8 Å². The Hall–Kier alpha value is -2.79. The molecule has 2 aromatic heterocycles. The van der Waals surface area contributed by atoms with Crippen LogP contribution in [0.5, 0.6) is 0 Å². The summed E-state index contributed by atoms with van der Waals surface area (Å²) in [4.78, 5) is 16.0. The molecule has 3 aromatic rings. The molecule has 0 saturated heterocycles. The van der Waals surface area contributed by atoms with Crippen molar-refractivity contribution in [3.63, 3.8) is 0 Å². The van der Waals surface area contributed by atoms with E-state index in [1.165, 1.54) is 29.1 Å². The number of carbonyl (C=O) groups is 1. The van der Waals surface area contributed by atoms with Crippen LogP contribution in [-0.2, 0) is 0 Å². The molecule has 0 aliphatic rings. The number of nitrogens with zero attached hydrogens (tertiary/aromatic N) is 3. The highest BCUT2D eigenvalue weighted by Crippen LogP contribution is 2.25. The average molecular weight is 342 g/mol. The predicted octanol–water partition coefficient (Wildman–Crippen LogP) is 4.26. The van der Waals surface area contributed by atoms with E-state index in [9.17, 15) is 9.18 Å². The summed E-state index contributed by atoms with van der Waals surface area (Å²) in [5.74, 6) is -0.506. The van der Waals surface area contributed by atoms with Gasteiger partial charge >= 0.3 is 0 Å². The van der Waals surface area contributed by atoms with E-state index < -0.39 is 0 Å². The Labute approximate surface area is 143 Å². The van der Waals surface area contributed by atoms with Crippen molar-refractivity contribution in [1.82, 2.24) is 14.8 Å². The molecule has 24 heavy (non-hydrogen) atoms. The minimum Gasteiger partial charge on any atom is -0.289 e. The van der Waals surface area contributed by atoms with Crippen LogP contribution in [-0.4, -0.2) is 20.5 Å². The zero-order valence-corrected chi connectivity index (χ0v) is 13.5. The monoisotopic (exact) mass is 341 g/mol. The summed E-state index contributed by atoms with van der Waals surface area (Å²) in [6.45, 7) is 1.79. The summed E-state index contributed by atoms with van der Waals surface area (Å²) in [6.07, 6.45) is 6.17. The van der Waals surface area contributed by atoms with Crippen LogP contribution in [0.4, 0.5) is 4.39 Å². The minimum absolute atomic E-state index is 0.173. The van der Waals surface area contributed by atoms with Crippen LogP contribution in [0.3, 0.4) is 0 Å².